The minimum absolute atomic E-state index is 0.588. The SMILES string of the molecule is C=CCCC1C=C(O)CCCC1. The highest BCUT2D eigenvalue weighted by Crippen LogP contribution is 2.23. The first kappa shape index (κ1) is 9.37. The highest BCUT2D eigenvalue weighted by atomic mass is 16.3. The van der Waals surface area contributed by atoms with E-state index in [4.69, 9.17) is 0 Å². The quantitative estimate of drug-likeness (QED) is 0.635. The van der Waals surface area contributed by atoms with E-state index in [2.05, 4.69) is 6.58 Å². The fourth-order valence-corrected chi connectivity index (χ4v) is 1.71. The van der Waals surface area contributed by atoms with E-state index >= 15 is 0 Å². The van der Waals surface area contributed by atoms with Crippen molar-refractivity contribution in [1.29, 1.82) is 0 Å². The first-order valence-electron chi connectivity index (χ1n) is 4.83. The predicted octanol–water partition coefficient (Wildman–Crippen LogP) is 3.58. The summed E-state index contributed by atoms with van der Waals surface area (Å²) in [5.41, 5.74) is 0. The van der Waals surface area contributed by atoms with Crippen molar-refractivity contribution in [2.75, 3.05) is 0 Å². The van der Waals surface area contributed by atoms with E-state index in [-0.39, 0.29) is 0 Å². The topological polar surface area (TPSA) is 20.2 Å². The molecule has 1 heteroatoms. The highest BCUT2D eigenvalue weighted by molar-refractivity contribution is 4.98. The molecule has 0 heterocycles. The molecule has 1 nitrogen and oxygen atoms in total. The second-order valence-electron chi connectivity index (χ2n) is 3.53. The molecule has 1 unspecified atom stereocenters. The first-order valence-corrected chi connectivity index (χ1v) is 4.83. The molecule has 1 rings (SSSR count). The lowest BCUT2D eigenvalue weighted by Crippen LogP contribution is -1.94. The first-order chi connectivity index (χ1) is 5.83. The Morgan fingerprint density at radius 1 is 1.58 bits per heavy atom. The van der Waals surface area contributed by atoms with Crippen LogP contribution >= 0.6 is 0 Å². The van der Waals surface area contributed by atoms with Crippen LogP contribution in [-0.2, 0) is 0 Å². The Kier molecular flexibility index (Phi) is 3.92. The van der Waals surface area contributed by atoms with Crippen LogP contribution in [0.5, 0.6) is 0 Å². The molecule has 68 valence electrons. The van der Waals surface area contributed by atoms with Crippen LogP contribution in [0, 0.1) is 5.92 Å². The third-order valence-electron chi connectivity index (χ3n) is 2.43. The van der Waals surface area contributed by atoms with Gasteiger partial charge in [-0.2, -0.15) is 0 Å². The summed E-state index contributed by atoms with van der Waals surface area (Å²) in [6.07, 6.45) is 10.7. The van der Waals surface area contributed by atoms with Crippen LogP contribution in [0.15, 0.2) is 24.5 Å². The van der Waals surface area contributed by atoms with E-state index in [0.717, 1.165) is 25.7 Å². The van der Waals surface area contributed by atoms with Gasteiger partial charge in [0.25, 0.3) is 0 Å². The van der Waals surface area contributed by atoms with E-state index in [9.17, 15) is 5.11 Å². The monoisotopic (exact) mass is 166 g/mol. The second kappa shape index (κ2) is 5.02. The number of aliphatic hydroxyl groups is 1. The van der Waals surface area contributed by atoms with Crippen molar-refractivity contribution in [3.8, 4) is 0 Å². The van der Waals surface area contributed by atoms with Crippen LogP contribution in [0.25, 0.3) is 0 Å². The lowest BCUT2D eigenvalue weighted by molar-refractivity contribution is 0.383. The summed E-state index contributed by atoms with van der Waals surface area (Å²) in [5.74, 6) is 1.19. The number of hydrogen-bond donors (Lipinski definition) is 1. The predicted molar refractivity (Wildman–Crippen MR) is 52.1 cm³/mol. The Labute approximate surface area is 74.8 Å². The maximum absolute atomic E-state index is 9.39. The van der Waals surface area contributed by atoms with E-state index in [1.807, 2.05) is 12.2 Å². The molecule has 0 saturated heterocycles. The molecule has 12 heavy (non-hydrogen) atoms. The molecule has 0 fully saturated rings. The maximum atomic E-state index is 9.39. The Morgan fingerprint density at radius 2 is 2.42 bits per heavy atom. The van der Waals surface area contributed by atoms with Gasteiger partial charge in [-0.15, -0.1) is 6.58 Å². The van der Waals surface area contributed by atoms with Crippen molar-refractivity contribution in [1.82, 2.24) is 0 Å². The average molecular weight is 166 g/mol. The lowest BCUT2D eigenvalue weighted by Gasteiger charge is -2.08. The van der Waals surface area contributed by atoms with E-state index in [0.29, 0.717) is 11.7 Å². The summed E-state index contributed by atoms with van der Waals surface area (Å²) in [6.45, 7) is 3.70. The Morgan fingerprint density at radius 3 is 3.17 bits per heavy atom. The average Bonchev–Trinajstić information content (AvgIpc) is 2.26. The summed E-state index contributed by atoms with van der Waals surface area (Å²) in [4.78, 5) is 0. The molecule has 0 bridgehead atoms. The normalized spacial score (nSPS) is 24.3. The van der Waals surface area contributed by atoms with Crippen molar-refractivity contribution in [3.63, 3.8) is 0 Å². The molecule has 1 aliphatic rings. The van der Waals surface area contributed by atoms with Crippen molar-refractivity contribution in [2.45, 2.75) is 38.5 Å². The maximum Gasteiger partial charge on any atom is 0.0885 e. The molecule has 0 aromatic rings. The molecular formula is C11H18O. The molecule has 1 aliphatic carbocycles. The number of aliphatic hydroxyl groups excluding tert-OH is 1. The Bertz CT molecular complexity index is 170. The van der Waals surface area contributed by atoms with Crippen LogP contribution in [-0.4, -0.2) is 5.11 Å². The summed E-state index contributed by atoms with van der Waals surface area (Å²) in [6, 6.07) is 0. The van der Waals surface area contributed by atoms with E-state index in [1.54, 1.807) is 0 Å². The van der Waals surface area contributed by atoms with Crippen molar-refractivity contribution >= 4 is 0 Å². The standard InChI is InChI=1S/C11H18O/c1-2-3-6-10-7-4-5-8-11(12)9-10/h2,9-10,12H,1,3-8H2. The van der Waals surface area contributed by atoms with Gasteiger partial charge < -0.3 is 5.11 Å². The molecule has 0 saturated carbocycles. The third kappa shape index (κ3) is 3.12. The van der Waals surface area contributed by atoms with Crippen LogP contribution < -0.4 is 0 Å². The zero-order valence-electron chi connectivity index (χ0n) is 7.63. The molecule has 1 atom stereocenters. The molecular weight excluding hydrogens is 148 g/mol. The van der Waals surface area contributed by atoms with Crippen molar-refractivity contribution < 1.29 is 5.11 Å². The summed E-state index contributed by atoms with van der Waals surface area (Å²) < 4.78 is 0. The second-order valence-corrected chi connectivity index (χ2v) is 3.53. The highest BCUT2D eigenvalue weighted by Gasteiger charge is 2.10. The van der Waals surface area contributed by atoms with Gasteiger partial charge in [-0.3, -0.25) is 0 Å². The smallest absolute Gasteiger partial charge is 0.0885 e. The van der Waals surface area contributed by atoms with Gasteiger partial charge in [0.05, 0.1) is 5.76 Å². The van der Waals surface area contributed by atoms with Gasteiger partial charge in [-0.1, -0.05) is 12.5 Å². The fourth-order valence-electron chi connectivity index (χ4n) is 1.71. The summed E-state index contributed by atoms with van der Waals surface area (Å²) in [5, 5.41) is 9.39. The van der Waals surface area contributed by atoms with E-state index < -0.39 is 0 Å². The zero-order chi connectivity index (χ0) is 8.81. The van der Waals surface area contributed by atoms with Gasteiger partial charge in [0.1, 0.15) is 0 Å². The number of hydrogen-bond acceptors (Lipinski definition) is 1. The largest absolute Gasteiger partial charge is 0.513 e. The molecule has 0 radical (unpaired) electrons. The minimum Gasteiger partial charge on any atom is -0.513 e. The van der Waals surface area contributed by atoms with E-state index in [1.165, 1.54) is 12.8 Å². The van der Waals surface area contributed by atoms with Gasteiger partial charge in [0.15, 0.2) is 0 Å². The molecule has 0 amide bonds. The van der Waals surface area contributed by atoms with Crippen molar-refractivity contribution in [3.05, 3.63) is 24.5 Å². The van der Waals surface area contributed by atoms with Crippen LogP contribution in [0.2, 0.25) is 0 Å². The van der Waals surface area contributed by atoms with Crippen LogP contribution in [0.4, 0.5) is 0 Å². The fraction of sp³-hybridized carbons (Fsp3) is 0.636. The van der Waals surface area contributed by atoms with Gasteiger partial charge in [-0.25, -0.2) is 0 Å². The third-order valence-corrected chi connectivity index (χ3v) is 2.43. The van der Waals surface area contributed by atoms with Crippen LogP contribution in [0.3, 0.4) is 0 Å². The molecule has 0 aromatic heterocycles. The van der Waals surface area contributed by atoms with Gasteiger partial charge in [0, 0.05) is 6.42 Å². The van der Waals surface area contributed by atoms with Gasteiger partial charge >= 0.3 is 0 Å². The Hall–Kier alpha value is -0.720. The zero-order valence-corrected chi connectivity index (χ0v) is 7.63. The lowest BCUT2D eigenvalue weighted by atomic mass is 9.98. The summed E-state index contributed by atoms with van der Waals surface area (Å²) in [7, 11) is 0. The number of rotatable bonds is 3. The van der Waals surface area contributed by atoms with Crippen molar-refractivity contribution in [2.24, 2.45) is 5.92 Å². The minimum atomic E-state index is 0.588. The summed E-state index contributed by atoms with van der Waals surface area (Å²) >= 11 is 0. The number of allylic oxidation sites excluding steroid dienone is 3. The Balaban J connectivity index is 2.39. The van der Waals surface area contributed by atoms with Crippen LogP contribution in [0.1, 0.15) is 38.5 Å². The van der Waals surface area contributed by atoms with Gasteiger partial charge in [-0.05, 0) is 37.7 Å². The van der Waals surface area contributed by atoms with Gasteiger partial charge in [0.2, 0.25) is 0 Å². The molecule has 0 spiro atoms. The molecule has 1 N–H and O–H groups in total. The molecule has 0 aromatic carbocycles. The molecule has 0 aliphatic heterocycles.